The highest BCUT2D eigenvalue weighted by Gasteiger charge is 2.37. The first-order chi connectivity index (χ1) is 9.66. The molecule has 6 nitrogen and oxygen atoms in total. The van der Waals surface area contributed by atoms with Gasteiger partial charge in [-0.25, -0.2) is 14.8 Å². The first-order valence-corrected chi connectivity index (χ1v) is 7.03. The zero-order valence-electron chi connectivity index (χ0n) is 11.2. The van der Waals surface area contributed by atoms with Crippen molar-refractivity contribution in [3.05, 3.63) is 23.8 Å². The van der Waals surface area contributed by atoms with Crippen molar-refractivity contribution in [3.63, 3.8) is 0 Å². The number of fused-ring (bicyclic) bond motifs is 1. The SMILES string of the molecule is O=C(O)c1cnc(C(=O)N2CCCC3CCCC32)cn1. The molecule has 3 rings (SSSR count). The van der Waals surface area contributed by atoms with Crippen LogP contribution in [0.3, 0.4) is 0 Å². The quantitative estimate of drug-likeness (QED) is 0.886. The van der Waals surface area contributed by atoms with Crippen molar-refractivity contribution in [1.82, 2.24) is 14.9 Å². The second-order valence-corrected chi connectivity index (χ2v) is 5.49. The lowest BCUT2D eigenvalue weighted by Gasteiger charge is -2.37. The maximum atomic E-state index is 12.5. The molecule has 2 aliphatic rings. The molecule has 0 radical (unpaired) electrons. The van der Waals surface area contributed by atoms with Gasteiger partial charge in [-0.05, 0) is 31.6 Å². The second-order valence-electron chi connectivity index (χ2n) is 5.49. The molecule has 1 aromatic heterocycles. The Bertz CT molecular complexity index is 529. The topological polar surface area (TPSA) is 83.4 Å². The van der Waals surface area contributed by atoms with Crippen LogP contribution in [-0.4, -0.2) is 44.4 Å². The van der Waals surface area contributed by atoms with Crippen LogP contribution in [0.25, 0.3) is 0 Å². The van der Waals surface area contributed by atoms with Gasteiger partial charge >= 0.3 is 5.97 Å². The molecule has 1 N–H and O–H groups in total. The van der Waals surface area contributed by atoms with Crippen molar-refractivity contribution in [2.75, 3.05) is 6.54 Å². The number of carbonyl (C=O) groups is 2. The number of aromatic carboxylic acids is 1. The van der Waals surface area contributed by atoms with Crippen molar-refractivity contribution in [2.24, 2.45) is 5.92 Å². The van der Waals surface area contributed by atoms with E-state index >= 15 is 0 Å². The van der Waals surface area contributed by atoms with E-state index in [4.69, 9.17) is 5.11 Å². The summed E-state index contributed by atoms with van der Waals surface area (Å²) in [6.45, 7) is 0.766. The van der Waals surface area contributed by atoms with Gasteiger partial charge < -0.3 is 10.0 Å². The molecule has 106 valence electrons. The van der Waals surface area contributed by atoms with E-state index in [9.17, 15) is 9.59 Å². The maximum absolute atomic E-state index is 12.5. The van der Waals surface area contributed by atoms with E-state index in [0.29, 0.717) is 12.0 Å². The Balaban J connectivity index is 1.79. The summed E-state index contributed by atoms with van der Waals surface area (Å²) in [6.07, 6.45) is 8.11. The fraction of sp³-hybridized carbons (Fsp3) is 0.571. The van der Waals surface area contributed by atoms with Crippen LogP contribution in [0.15, 0.2) is 12.4 Å². The Kier molecular flexibility index (Phi) is 3.38. The second kappa shape index (κ2) is 5.19. The summed E-state index contributed by atoms with van der Waals surface area (Å²) in [5.74, 6) is -0.629. The minimum atomic E-state index is -1.13. The van der Waals surface area contributed by atoms with E-state index in [1.165, 1.54) is 25.5 Å². The summed E-state index contributed by atoms with van der Waals surface area (Å²) in [4.78, 5) is 32.9. The Labute approximate surface area is 116 Å². The molecule has 1 saturated heterocycles. The summed E-state index contributed by atoms with van der Waals surface area (Å²) >= 11 is 0. The molecule has 1 saturated carbocycles. The lowest BCUT2D eigenvalue weighted by atomic mass is 9.92. The van der Waals surface area contributed by atoms with Crippen LogP contribution >= 0.6 is 0 Å². The molecular weight excluding hydrogens is 258 g/mol. The first-order valence-electron chi connectivity index (χ1n) is 7.03. The number of carboxylic acids is 1. The molecule has 1 aromatic rings. The third kappa shape index (κ3) is 2.26. The Morgan fingerprint density at radius 2 is 1.80 bits per heavy atom. The molecule has 1 aliphatic heterocycles. The van der Waals surface area contributed by atoms with Crippen molar-refractivity contribution < 1.29 is 14.7 Å². The number of rotatable bonds is 2. The molecule has 1 aliphatic carbocycles. The van der Waals surface area contributed by atoms with Crippen LogP contribution in [0.5, 0.6) is 0 Å². The summed E-state index contributed by atoms with van der Waals surface area (Å²) in [5.41, 5.74) is 0.0986. The molecule has 2 atom stereocenters. The molecule has 20 heavy (non-hydrogen) atoms. The van der Waals surface area contributed by atoms with Gasteiger partial charge in [0.05, 0.1) is 12.4 Å². The predicted molar refractivity (Wildman–Crippen MR) is 70.4 cm³/mol. The number of hydrogen-bond donors (Lipinski definition) is 1. The maximum Gasteiger partial charge on any atom is 0.356 e. The minimum absolute atomic E-state index is 0.119. The van der Waals surface area contributed by atoms with Crippen molar-refractivity contribution >= 4 is 11.9 Å². The smallest absolute Gasteiger partial charge is 0.356 e. The zero-order valence-corrected chi connectivity index (χ0v) is 11.2. The molecule has 0 bridgehead atoms. The Morgan fingerprint density at radius 3 is 2.50 bits per heavy atom. The molecule has 6 heteroatoms. The molecule has 2 unspecified atom stereocenters. The number of nitrogens with zero attached hydrogens (tertiary/aromatic N) is 3. The van der Waals surface area contributed by atoms with Crippen molar-refractivity contribution in [3.8, 4) is 0 Å². The first kappa shape index (κ1) is 13.0. The lowest BCUT2D eigenvalue weighted by Crippen LogP contribution is -2.46. The van der Waals surface area contributed by atoms with Gasteiger partial charge in [0.2, 0.25) is 0 Å². The van der Waals surface area contributed by atoms with E-state index in [-0.39, 0.29) is 17.3 Å². The summed E-state index contributed by atoms with van der Waals surface area (Å²) in [6, 6.07) is 0.331. The van der Waals surface area contributed by atoms with Crippen molar-refractivity contribution in [2.45, 2.75) is 38.1 Å². The standard InChI is InChI=1S/C14H17N3O3/c18-13(10-7-16-11(8-15-10)14(19)20)17-6-2-4-9-3-1-5-12(9)17/h7-9,12H,1-6H2,(H,19,20). The Morgan fingerprint density at radius 1 is 1.10 bits per heavy atom. The Hall–Kier alpha value is -1.98. The molecule has 0 spiro atoms. The number of carboxylic acid groups (broad SMARTS) is 1. The number of piperidine rings is 1. The van der Waals surface area contributed by atoms with Gasteiger partial charge in [-0.2, -0.15) is 0 Å². The molecule has 2 fully saturated rings. The lowest BCUT2D eigenvalue weighted by molar-refractivity contribution is 0.0540. The third-order valence-corrected chi connectivity index (χ3v) is 4.34. The molecular formula is C14H17N3O3. The van der Waals surface area contributed by atoms with Crippen LogP contribution in [0.2, 0.25) is 0 Å². The number of amides is 1. The van der Waals surface area contributed by atoms with Gasteiger partial charge in [0, 0.05) is 12.6 Å². The van der Waals surface area contributed by atoms with Gasteiger partial charge in [0.1, 0.15) is 5.69 Å². The van der Waals surface area contributed by atoms with E-state index < -0.39 is 5.97 Å². The third-order valence-electron chi connectivity index (χ3n) is 4.34. The zero-order chi connectivity index (χ0) is 14.1. The minimum Gasteiger partial charge on any atom is -0.476 e. The summed E-state index contributed by atoms with van der Waals surface area (Å²) in [5, 5.41) is 8.79. The fourth-order valence-corrected chi connectivity index (χ4v) is 3.40. The molecule has 2 heterocycles. The number of aromatic nitrogens is 2. The summed E-state index contributed by atoms with van der Waals surface area (Å²) < 4.78 is 0. The van der Waals surface area contributed by atoms with E-state index in [2.05, 4.69) is 9.97 Å². The van der Waals surface area contributed by atoms with Gasteiger partial charge in [0.25, 0.3) is 5.91 Å². The van der Waals surface area contributed by atoms with Crippen molar-refractivity contribution in [1.29, 1.82) is 0 Å². The average Bonchev–Trinajstić information content (AvgIpc) is 2.95. The van der Waals surface area contributed by atoms with E-state index in [1.807, 2.05) is 4.90 Å². The molecule has 0 aromatic carbocycles. The number of likely N-dealkylation sites (tertiary alicyclic amines) is 1. The number of hydrogen-bond acceptors (Lipinski definition) is 4. The average molecular weight is 275 g/mol. The highest BCUT2D eigenvalue weighted by molar-refractivity contribution is 5.93. The van der Waals surface area contributed by atoms with Crippen LogP contribution in [-0.2, 0) is 0 Å². The van der Waals surface area contributed by atoms with Gasteiger partial charge in [-0.15, -0.1) is 0 Å². The molecule has 1 amide bonds. The number of carbonyl (C=O) groups excluding carboxylic acids is 1. The predicted octanol–water partition coefficient (Wildman–Crippen LogP) is 1.58. The fourth-order valence-electron chi connectivity index (χ4n) is 3.40. The monoisotopic (exact) mass is 275 g/mol. The van der Waals surface area contributed by atoms with Crippen LogP contribution in [0.4, 0.5) is 0 Å². The van der Waals surface area contributed by atoms with Crippen LogP contribution < -0.4 is 0 Å². The highest BCUT2D eigenvalue weighted by Crippen LogP contribution is 2.37. The summed E-state index contributed by atoms with van der Waals surface area (Å²) in [7, 11) is 0. The largest absolute Gasteiger partial charge is 0.476 e. The normalized spacial score (nSPS) is 25.3. The van der Waals surface area contributed by atoms with E-state index in [1.54, 1.807) is 0 Å². The van der Waals surface area contributed by atoms with Crippen LogP contribution in [0.1, 0.15) is 53.1 Å². The van der Waals surface area contributed by atoms with Gasteiger partial charge in [0.15, 0.2) is 5.69 Å². The van der Waals surface area contributed by atoms with E-state index in [0.717, 1.165) is 25.6 Å². The van der Waals surface area contributed by atoms with Crippen LogP contribution in [0, 0.1) is 5.92 Å². The highest BCUT2D eigenvalue weighted by atomic mass is 16.4. The van der Waals surface area contributed by atoms with Gasteiger partial charge in [-0.3, -0.25) is 4.79 Å². The van der Waals surface area contributed by atoms with Gasteiger partial charge in [-0.1, -0.05) is 6.42 Å².